The van der Waals surface area contributed by atoms with E-state index in [1.807, 2.05) is 55.1 Å². The minimum absolute atomic E-state index is 0.0177. The molecule has 2 aromatic carbocycles. The Kier molecular flexibility index (Phi) is 6.61. The third-order valence-electron chi connectivity index (χ3n) is 5.80. The van der Waals surface area contributed by atoms with Crippen molar-refractivity contribution >= 4 is 23.3 Å². The molecule has 7 heteroatoms. The largest absolute Gasteiger partial charge is 0.484 e. The summed E-state index contributed by atoms with van der Waals surface area (Å²) in [6.07, 6.45) is 0. The van der Waals surface area contributed by atoms with E-state index in [9.17, 15) is 4.79 Å². The number of aromatic nitrogens is 2. The van der Waals surface area contributed by atoms with Gasteiger partial charge < -0.3 is 14.5 Å². The molecule has 4 rings (SSSR count). The third-order valence-corrected chi connectivity index (χ3v) is 6.40. The van der Waals surface area contributed by atoms with E-state index in [0.29, 0.717) is 31.9 Å². The Morgan fingerprint density at radius 1 is 0.938 bits per heavy atom. The smallest absolute Gasteiger partial charge is 0.260 e. The number of halogens is 1. The van der Waals surface area contributed by atoms with E-state index >= 15 is 0 Å². The summed E-state index contributed by atoms with van der Waals surface area (Å²) in [6.45, 7) is 8.63. The number of carbonyl (C=O) groups is 1. The van der Waals surface area contributed by atoms with Gasteiger partial charge in [0.15, 0.2) is 12.4 Å². The van der Waals surface area contributed by atoms with Crippen LogP contribution in [0.25, 0.3) is 11.3 Å². The molecular weight excluding hydrogens is 424 g/mol. The number of hydrogen-bond acceptors (Lipinski definition) is 5. The first kappa shape index (κ1) is 22.1. The van der Waals surface area contributed by atoms with Crippen molar-refractivity contribution in [1.82, 2.24) is 15.1 Å². The maximum Gasteiger partial charge on any atom is 0.260 e. The summed E-state index contributed by atoms with van der Waals surface area (Å²) < 4.78 is 5.73. The van der Waals surface area contributed by atoms with Crippen LogP contribution in [0.5, 0.6) is 5.75 Å². The predicted molar refractivity (Wildman–Crippen MR) is 127 cm³/mol. The van der Waals surface area contributed by atoms with Crippen molar-refractivity contribution in [3.63, 3.8) is 0 Å². The van der Waals surface area contributed by atoms with Gasteiger partial charge in [0.25, 0.3) is 5.91 Å². The predicted octanol–water partition coefficient (Wildman–Crippen LogP) is 4.45. The van der Waals surface area contributed by atoms with Crippen LogP contribution in [0.2, 0.25) is 5.02 Å². The number of ether oxygens (including phenoxy) is 1. The van der Waals surface area contributed by atoms with E-state index in [1.165, 1.54) is 5.56 Å². The van der Waals surface area contributed by atoms with E-state index in [0.717, 1.165) is 33.2 Å². The monoisotopic (exact) mass is 450 g/mol. The first-order valence-electron chi connectivity index (χ1n) is 10.7. The normalized spacial score (nSPS) is 13.9. The van der Waals surface area contributed by atoms with Gasteiger partial charge in [-0.15, -0.1) is 10.2 Å². The van der Waals surface area contributed by atoms with Gasteiger partial charge >= 0.3 is 0 Å². The zero-order valence-electron chi connectivity index (χ0n) is 18.6. The van der Waals surface area contributed by atoms with Crippen LogP contribution in [-0.2, 0) is 4.79 Å². The molecule has 1 saturated heterocycles. The van der Waals surface area contributed by atoms with Crippen LogP contribution in [0.3, 0.4) is 0 Å². The number of rotatable bonds is 5. The molecule has 0 aliphatic carbocycles. The Morgan fingerprint density at radius 2 is 1.62 bits per heavy atom. The van der Waals surface area contributed by atoms with Gasteiger partial charge in [-0.3, -0.25) is 4.79 Å². The van der Waals surface area contributed by atoms with Crippen molar-refractivity contribution in [2.75, 3.05) is 37.7 Å². The average molecular weight is 451 g/mol. The SMILES string of the molecule is Cc1ccccc1-c1ccc(N2CCN(C(=O)COc3cc(C)c(Cl)c(C)c3)CC2)nn1. The van der Waals surface area contributed by atoms with Crippen LogP contribution in [-0.4, -0.2) is 53.8 Å². The number of aryl methyl sites for hydroxylation is 3. The molecule has 1 amide bonds. The molecule has 6 nitrogen and oxygen atoms in total. The summed E-state index contributed by atoms with van der Waals surface area (Å²) in [6, 6.07) is 15.9. The van der Waals surface area contributed by atoms with Crippen molar-refractivity contribution in [2.24, 2.45) is 0 Å². The summed E-state index contributed by atoms with van der Waals surface area (Å²) in [5, 5.41) is 9.58. The summed E-state index contributed by atoms with van der Waals surface area (Å²) in [4.78, 5) is 16.6. The summed E-state index contributed by atoms with van der Waals surface area (Å²) in [7, 11) is 0. The molecule has 0 N–H and O–H groups in total. The number of carbonyl (C=O) groups excluding carboxylic acids is 1. The fourth-order valence-corrected chi connectivity index (χ4v) is 4.02. The number of amides is 1. The lowest BCUT2D eigenvalue weighted by Crippen LogP contribution is -2.50. The number of piperazine rings is 1. The molecule has 0 saturated carbocycles. The first-order valence-corrected chi connectivity index (χ1v) is 11.1. The molecule has 3 aromatic rings. The Balaban J connectivity index is 1.31. The quantitative estimate of drug-likeness (QED) is 0.574. The molecule has 0 bridgehead atoms. The summed E-state index contributed by atoms with van der Waals surface area (Å²) in [5.41, 5.74) is 5.01. The molecule has 2 heterocycles. The van der Waals surface area contributed by atoms with Crippen LogP contribution in [0.4, 0.5) is 5.82 Å². The van der Waals surface area contributed by atoms with Crippen LogP contribution in [0, 0.1) is 20.8 Å². The van der Waals surface area contributed by atoms with Gasteiger partial charge in [0.2, 0.25) is 0 Å². The fraction of sp³-hybridized carbons (Fsp3) is 0.320. The molecule has 32 heavy (non-hydrogen) atoms. The molecule has 166 valence electrons. The van der Waals surface area contributed by atoms with Crippen molar-refractivity contribution in [1.29, 1.82) is 0 Å². The molecule has 0 radical (unpaired) electrons. The maximum absolute atomic E-state index is 12.6. The molecule has 1 aliphatic heterocycles. The van der Waals surface area contributed by atoms with Gasteiger partial charge in [-0.05, 0) is 61.7 Å². The van der Waals surface area contributed by atoms with E-state index in [4.69, 9.17) is 16.3 Å². The van der Waals surface area contributed by atoms with Crippen LogP contribution in [0.15, 0.2) is 48.5 Å². The van der Waals surface area contributed by atoms with Gasteiger partial charge in [-0.1, -0.05) is 35.9 Å². The number of hydrogen-bond donors (Lipinski definition) is 0. The summed E-state index contributed by atoms with van der Waals surface area (Å²) >= 11 is 6.20. The van der Waals surface area contributed by atoms with Crippen molar-refractivity contribution in [3.8, 4) is 17.0 Å². The van der Waals surface area contributed by atoms with Crippen LogP contribution < -0.4 is 9.64 Å². The average Bonchev–Trinajstić information content (AvgIpc) is 2.81. The lowest BCUT2D eigenvalue weighted by molar-refractivity contribution is -0.133. The van der Waals surface area contributed by atoms with Gasteiger partial charge in [0.05, 0.1) is 5.69 Å². The maximum atomic E-state index is 12.6. The second-order valence-electron chi connectivity index (χ2n) is 8.12. The standard InChI is InChI=1S/C25H27ClN4O2/c1-17-6-4-5-7-21(17)22-8-9-23(28-27-22)29-10-12-30(13-11-29)24(31)16-32-20-14-18(2)25(26)19(3)15-20/h4-9,14-15H,10-13,16H2,1-3H3. The van der Waals surface area contributed by atoms with Crippen LogP contribution >= 0.6 is 11.6 Å². The van der Waals surface area contributed by atoms with Gasteiger partial charge in [-0.2, -0.15) is 0 Å². The van der Waals surface area contributed by atoms with E-state index in [2.05, 4.69) is 34.2 Å². The third kappa shape index (κ3) is 4.86. The first-order chi connectivity index (χ1) is 15.4. The van der Waals surface area contributed by atoms with E-state index < -0.39 is 0 Å². The molecule has 1 aliphatic rings. The molecular formula is C25H27ClN4O2. The number of benzene rings is 2. The highest BCUT2D eigenvalue weighted by molar-refractivity contribution is 6.32. The second kappa shape index (κ2) is 9.57. The number of anilines is 1. The zero-order valence-corrected chi connectivity index (χ0v) is 19.4. The topological polar surface area (TPSA) is 58.6 Å². The Hall–Kier alpha value is -3.12. The van der Waals surface area contributed by atoms with E-state index in [-0.39, 0.29) is 12.5 Å². The van der Waals surface area contributed by atoms with Gasteiger partial charge in [-0.25, -0.2) is 0 Å². The minimum Gasteiger partial charge on any atom is -0.484 e. The van der Waals surface area contributed by atoms with Crippen molar-refractivity contribution in [3.05, 3.63) is 70.2 Å². The Morgan fingerprint density at radius 3 is 2.25 bits per heavy atom. The highest BCUT2D eigenvalue weighted by Crippen LogP contribution is 2.26. The molecule has 0 unspecified atom stereocenters. The molecule has 0 spiro atoms. The minimum atomic E-state index is -0.0177. The lowest BCUT2D eigenvalue weighted by atomic mass is 10.1. The highest BCUT2D eigenvalue weighted by Gasteiger charge is 2.22. The van der Waals surface area contributed by atoms with Gasteiger partial charge in [0.1, 0.15) is 5.75 Å². The summed E-state index contributed by atoms with van der Waals surface area (Å²) in [5.74, 6) is 1.48. The van der Waals surface area contributed by atoms with Crippen molar-refractivity contribution in [2.45, 2.75) is 20.8 Å². The zero-order chi connectivity index (χ0) is 22.7. The van der Waals surface area contributed by atoms with E-state index in [1.54, 1.807) is 0 Å². The number of nitrogens with zero attached hydrogens (tertiary/aromatic N) is 4. The lowest BCUT2D eigenvalue weighted by Gasteiger charge is -2.35. The fourth-order valence-electron chi connectivity index (χ4n) is 3.91. The van der Waals surface area contributed by atoms with Crippen LogP contribution in [0.1, 0.15) is 16.7 Å². The highest BCUT2D eigenvalue weighted by atomic mass is 35.5. The van der Waals surface area contributed by atoms with Gasteiger partial charge in [0, 0.05) is 36.8 Å². The molecule has 1 aromatic heterocycles. The van der Waals surface area contributed by atoms with Crippen molar-refractivity contribution < 1.29 is 9.53 Å². The Labute approximate surface area is 193 Å². The second-order valence-corrected chi connectivity index (χ2v) is 8.50. The molecule has 0 atom stereocenters. The Bertz CT molecular complexity index is 1090. The molecule has 1 fully saturated rings.